The molecule has 116 valence electrons. The normalized spacial score (nSPS) is 15.7. The van der Waals surface area contributed by atoms with Crippen molar-refractivity contribution in [3.8, 4) is 5.75 Å². The number of benzene rings is 2. The zero-order valence-corrected chi connectivity index (χ0v) is 12.8. The summed E-state index contributed by atoms with van der Waals surface area (Å²) in [6.07, 6.45) is 0. The lowest BCUT2D eigenvalue weighted by atomic mass is 10.2. The van der Waals surface area contributed by atoms with Crippen LogP contribution >= 0.6 is 0 Å². The molecule has 22 heavy (non-hydrogen) atoms. The van der Waals surface area contributed by atoms with Gasteiger partial charge in [-0.25, -0.2) is 0 Å². The molecule has 1 fully saturated rings. The van der Waals surface area contributed by atoms with Crippen LogP contribution in [0.5, 0.6) is 5.75 Å². The molecule has 4 heteroatoms. The highest BCUT2D eigenvalue weighted by Gasteiger charge is 2.16. The van der Waals surface area contributed by atoms with Crippen LogP contribution in [0.4, 0.5) is 11.4 Å². The highest BCUT2D eigenvalue weighted by molar-refractivity contribution is 5.51. The smallest absolute Gasteiger partial charge is 0.142 e. The van der Waals surface area contributed by atoms with Crippen LogP contribution in [0.15, 0.2) is 54.6 Å². The average Bonchev–Trinajstić information content (AvgIpc) is 2.58. The van der Waals surface area contributed by atoms with Crippen molar-refractivity contribution in [3.63, 3.8) is 0 Å². The average molecular weight is 297 g/mol. The quantitative estimate of drug-likeness (QED) is 0.861. The minimum Gasteiger partial charge on any atom is -0.490 e. The Hall–Kier alpha value is -2.20. The Morgan fingerprint density at radius 1 is 0.864 bits per heavy atom. The second-order valence-electron chi connectivity index (χ2n) is 5.55. The summed E-state index contributed by atoms with van der Waals surface area (Å²) >= 11 is 0. The van der Waals surface area contributed by atoms with Crippen LogP contribution in [-0.4, -0.2) is 44.2 Å². The van der Waals surface area contributed by atoms with Crippen molar-refractivity contribution < 1.29 is 4.74 Å². The van der Waals surface area contributed by atoms with E-state index in [1.807, 2.05) is 24.3 Å². The summed E-state index contributed by atoms with van der Waals surface area (Å²) in [5, 5.41) is 0. The van der Waals surface area contributed by atoms with Gasteiger partial charge in [-0.15, -0.1) is 0 Å². The lowest BCUT2D eigenvalue weighted by Gasteiger charge is -2.36. The van der Waals surface area contributed by atoms with Crippen molar-refractivity contribution >= 4 is 11.4 Å². The molecule has 3 rings (SSSR count). The van der Waals surface area contributed by atoms with Crippen molar-refractivity contribution in [2.45, 2.75) is 0 Å². The first kappa shape index (κ1) is 14.7. The maximum atomic E-state index is 5.88. The highest BCUT2D eigenvalue weighted by Crippen LogP contribution is 2.20. The Labute approximate surface area is 132 Å². The van der Waals surface area contributed by atoms with E-state index in [2.05, 4.69) is 40.1 Å². The lowest BCUT2D eigenvalue weighted by Crippen LogP contribution is -2.47. The first-order valence-corrected chi connectivity index (χ1v) is 7.82. The third-order valence-electron chi connectivity index (χ3n) is 4.08. The molecule has 0 unspecified atom stereocenters. The zero-order chi connectivity index (χ0) is 15.2. The van der Waals surface area contributed by atoms with E-state index in [4.69, 9.17) is 10.5 Å². The molecule has 1 aliphatic rings. The van der Waals surface area contributed by atoms with Crippen molar-refractivity contribution in [2.24, 2.45) is 0 Å². The van der Waals surface area contributed by atoms with Gasteiger partial charge in [-0.3, -0.25) is 4.90 Å². The molecular formula is C18H23N3O. The van der Waals surface area contributed by atoms with Crippen LogP contribution in [0.25, 0.3) is 0 Å². The van der Waals surface area contributed by atoms with Gasteiger partial charge >= 0.3 is 0 Å². The van der Waals surface area contributed by atoms with E-state index >= 15 is 0 Å². The van der Waals surface area contributed by atoms with Gasteiger partial charge in [0.05, 0.1) is 5.69 Å². The van der Waals surface area contributed by atoms with Gasteiger partial charge < -0.3 is 15.4 Å². The van der Waals surface area contributed by atoms with Gasteiger partial charge in [0.15, 0.2) is 0 Å². The van der Waals surface area contributed by atoms with E-state index in [0.717, 1.165) is 38.5 Å². The fraction of sp³-hybridized carbons (Fsp3) is 0.333. The summed E-state index contributed by atoms with van der Waals surface area (Å²) in [5.41, 5.74) is 7.90. The Morgan fingerprint density at radius 2 is 1.55 bits per heavy atom. The van der Waals surface area contributed by atoms with Crippen molar-refractivity contribution in [3.05, 3.63) is 54.6 Å². The number of nitrogens with zero attached hydrogens (tertiary/aromatic N) is 2. The molecule has 1 heterocycles. The molecule has 0 saturated carbocycles. The van der Waals surface area contributed by atoms with E-state index in [1.165, 1.54) is 5.69 Å². The maximum Gasteiger partial charge on any atom is 0.142 e. The number of anilines is 2. The Bertz CT molecular complexity index is 580. The van der Waals surface area contributed by atoms with E-state index in [-0.39, 0.29) is 0 Å². The van der Waals surface area contributed by atoms with Crippen LogP contribution in [0, 0.1) is 0 Å². The summed E-state index contributed by atoms with van der Waals surface area (Å²) in [4.78, 5) is 4.88. The van der Waals surface area contributed by atoms with Crippen LogP contribution < -0.4 is 15.4 Å². The monoisotopic (exact) mass is 297 g/mol. The third kappa shape index (κ3) is 3.71. The second-order valence-corrected chi connectivity index (χ2v) is 5.55. The van der Waals surface area contributed by atoms with Gasteiger partial charge in [0.25, 0.3) is 0 Å². The number of nitrogen functional groups attached to an aromatic ring is 1. The van der Waals surface area contributed by atoms with Gasteiger partial charge in [0.2, 0.25) is 0 Å². The molecule has 1 aliphatic heterocycles. The van der Waals surface area contributed by atoms with Crippen LogP contribution in [0.3, 0.4) is 0 Å². The minimum absolute atomic E-state index is 0.680. The van der Waals surface area contributed by atoms with Gasteiger partial charge in [-0.1, -0.05) is 30.3 Å². The largest absolute Gasteiger partial charge is 0.490 e. The first-order valence-electron chi connectivity index (χ1n) is 7.82. The Kier molecular flexibility index (Phi) is 4.81. The predicted octanol–water partition coefficient (Wildman–Crippen LogP) is 2.47. The molecule has 1 saturated heterocycles. The van der Waals surface area contributed by atoms with Gasteiger partial charge in [0, 0.05) is 38.4 Å². The van der Waals surface area contributed by atoms with Gasteiger partial charge in [-0.05, 0) is 24.3 Å². The summed E-state index contributed by atoms with van der Waals surface area (Å²) < 4.78 is 5.77. The molecule has 2 aromatic rings. The molecule has 4 nitrogen and oxygen atoms in total. The van der Waals surface area contributed by atoms with Crippen molar-refractivity contribution in [1.29, 1.82) is 0 Å². The number of nitrogens with two attached hydrogens (primary N) is 1. The van der Waals surface area contributed by atoms with E-state index in [0.29, 0.717) is 12.3 Å². The summed E-state index contributed by atoms with van der Waals surface area (Å²) in [7, 11) is 0. The Balaban J connectivity index is 1.42. The van der Waals surface area contributed by atoms with Crippen molar-refractivity contribution in [1.82, 2.24) is 4.90 Å². The molecule has 2 N–H and O–H groups in total. The summed E-state index contributed by atoms with van der Waals surface area (Å²) in [5.74, 6) is 0.783. The fourth-order valence-electron chi connectivity index (χ4n) is 2.77. The molecule has 0 aliphatic carbocycles. The van der Waals surface area contributed by atoms with Crippen LogP contribution in [-0.2, 0) is 0 Å². The van der Waals surface area contributed by atoms with Crippen LogP contribution in [0.2, 0.25) is 0 Å². The topological polar surface area (TPSA) is 41.7 Å². The zero-order valence-electron chi connectivity index (χ0n) is 12.8. The fourth-order valence-corrected chi connectivity index (χ4v) is 2.77. The Morgan fingerprint density at radius 3 is 2.27 bits per heavy atom. The number of hydrogen-bond acceptors (Lipinski definition) is 4. The molecule has 0 spiro atoms. The predicted molar refractivity (Wildman–Crippen MR) is 91.4 cm³/mol. The molecular weight excluding hydrogens is 274 g/mol. The third-order valence-corrected chi connectivity index (χ3v) is 4.08. The molecule has 0 radical (unpaired) electrons. The van der Waals surface area contributed by atoms with E-state index in [1.54, 1.807) is 0 Å². The number of hydrogen-bond donors (Lipinski definition) is 1. The number of piperazine rings is 1. The van der Waals surface area contributed by atoms with Crippen molar-refractivity contribution in [2.75, 3.05) is 50.0 Å². The molecule has 0 amide bonds. The molecule has 0 bridgehead atoms. The number of ether oxygens (including phenoxy) is 1. The van der Waals surface area contributed by atoms with Gasteiger partial charge in [0.1, 0.15) is 12.4 Å². The summed E-state index contributed by atoms with van der Waals surface area (Å²) in [6, 6.07) is 18.3. The van der Waals surface area contributed by atoms with Gasteiger partial charge in [-0.2, -0.15) is 0 Å². The van der Waals surface area contributed by atoms with E-state index in [9.17, 15) is 0 Å². The maximum absolute atomic E-state index is 5.88. The number of rotatable bonds is 5. The first-order chi connectivity index (χ1) is 10.8. The van der Waals surface area contributed by atoms with E-state index < -0.39 is 0 Å². The molecule has 0 aromatic heterocycles. The standard InChI is InChI=1S/C18H23N3O/c19-17-8-4-5-9-18(17)22-15-14-20-10-12-21(13-11-20)16-6-2-1-3-7-16/h1-9H,10-15,19H2. The molecule has 0 atom stereocenters. The highest BCUT2D eigenvalue weighted by atomic mass is 16.5. The second kappa shape index (κ2) is 7.18. The molecule has 2 aromatic carbocycles. The minimum atomic E-state index is 0.680. The summed E-state index contributed by atoms with van der Waals surface area (Å²) in [6.45, 7) is 5.90. The SMILES string of the molecule is Nc1ccccc1OCCN1CCN(c2ccccc2)CC1. The lowest BCUT2D eigenvalue weighted by molar-refractivity contribution is 0.201. The van der Waals surface area contributed by atoms with Crippen LogP contribution in [0.1, 0.15) is 0 Å². The number of para-hydroxylation sites is 3.